The lowest BCUT2D eigenvalue weighted by Crippen LogP contribution is -2.20. The standard InChI is InChI=1S/C10H16N4OS/c1-14(2)5-4-13-10-9(15-3)8(12)7(6-11)16-10/h13H,4-5,12H2,1-3H3. The number of rotatable bonds is 5. The molecule has 1 rings (SSSR count). The third-order valence-corrected chi connectivity index (χ3v) is 3.10. The van der Waals surface area contributed by atoms with E-state index in [1.54, 1.807) is 7.11 Å². The summed E-state index contributed by atoms with van der Waals surface area (Å²) in [4.78, 5) is 2.56. The van der Waals surface area contributed by atoms with Crippen LogP contribution < -0.4 is 15.8 Å². The molecular formula is C10H16N4OS. The molecule has 0 radical (unpaired) electrons. The molecule has 1 aromatic heterocycles. The van der Waals surface area contributed by atoms with Crippen molar-refractivity contribution in [2.24, 2.45) is 0 Å². The van der Waals surface area contributed by atoms with Gasteiger partial charge in [-0.15, -0.1) is 11.3 Å². The average Bonchev–Trinajstić information content (AvgIpc) is 2.54. The molecule has 1 heterocycles. The highest BCUT2D eigenvalue weighted by Crippen LogP contribution is 2.41. The van der Waals surface area contributed by atoms with Gasteiger partial charge in [0.2, 0.25) is 0 Å². The van der Waals surface area contributed by atoms with Crippen molar-refractivity contribution in [3.05, 3.63) is 4.88 Å². The first-order valence-corrected chi connectivity index (χ1v) is 5.66. The zero-order valence-corrected chi connectivity index (χ0v) is 10.5. The molecule has 6 heteroatoms. The highest BCUT2D eigenvalue weighted by atomic mass is 32.1. The molecule has 0 aliphatic heterocycles. The molecule has 0 atom stereocenters. The van der Waals surface area contributed by atoms with Gasteiger partial charge in [-0.25, -0.2) is 0 Å². The Hall–Kier alpha value is -1.45. The molecule has 0 spiro atoms. The Balaban J connectivity index is 2.76. The van der Waals surface area contributed by atoms with Crippen LogP contribution in [0.3, 0.4) is 0 Å². The zero-order valence-electron chi connectivity index (χ0n) is 9.70. The Kier molecular flexibility index (Phi) is 4.40. The second-order valence-electron chi connectivity index (χ2n) is 3.55. The van der Waals surface area contributed by atoms with E-state index in [1.165, 1.54) is 11.3 Å². The van der Waals surface area contributed by atoms with Gasteiger partial charge in [0.15, 0.2) is 5.75 Å². The lowest BCUT2D eigenvalue weighted by Gasteiger charge is -2.11. The van der Waals surface area contributed by atoms with Gasteiger partial charge in [-0.1, -0.05) is 0 Å². The summed E-state index contributed by atoms with van der Waals surface area (Å²) in [5, 5.41) is 12.9. The maximum absolute atomic E-state index is 8.85. The summed E-state index contributed by atoms with van der Waals surface area (Å²) in [5.41, 5.74) is 6.19. The van der Waals surface area contributed by atoms with Crippen LogP contribution in [0.4, 0.5) is 10.7 Å². The van der Waals surface area contributed by atoms with Gasteiger partial charge in [0.05, 0.1) is 7.11 Å². The first kappa shape index (κ1) is 12.6. The number of ether oxygens (including phenoxy) is 1. The summed E-state index contributed by atoms with van der Waals surface area (Å²) >= 11 is 1.32. The number of likely N-dealkylation sites (N-methyl/N-ethyl adjacent to an activating group) is 1. The summed E-state index contributed by atoms with van der Waals surface area (Å²) in [6.07, 6.45) is 0. The van der Waals surface area contributed by atoms with Crippen molar-refractivity contribution in [3.8, 4) is 11.8 Å². The molecule has 0 aliphatic carbocycles. The monoisotopic (exact) mass is 240 g/mol. The van der Waals surface area contributed by atoms with Crippen molar-refractivity contribution in [2.45, 2.75) is 0 Å². The van der Waals surface area contributed by atoms with Crippen LogP contribution >= 0.6 is 11.3 Å². The normalized spacial score (nSPS) is 10.2. The summed E-state index contributed by atoms with van der Waals surface area (Å²) in [5.74, 6) is 0.570. The summed E-state index contributed by atoms with van der Waals surface area (Å²) in [6.45, 7) is 1.69. The number of methoxy groups -OCH3 is 1. The van der Waals surface area contributed by atoms with Gasteiger partial charge >= 0.3 is 0 Å². The van der Waals surface area contributed by atoms with Crippen molar-refractivity contribution in [1.82, 2.24) is 4.90 Å². The van der Waals surface area contributed by atoms with Crippen LogP contribution in [-0.4, -0.2) is 39.2 Å². The molecule has 16 heavy (non-hydrogen) atoms. The van der Waals surface area contributed by atoms with Gasteiger partial charge in [0.1, 0.15) is 21.6 Å². The Morgan fingerprint density at radius 3 is 2.75 bits per heavy atom. The third kappa shape index (κ3) is 2.78. The van der Waals surface area contributed by atoms with Crippen molar-refractivity contribution in [2.75, 3.05) is 45.3 Å². The summed E-state index contributed by atoms with van der Waals surface area (Å²) in [6, 6.07) is 2.05. The number of nitrogens with one attached hydrogen (secondary N) is 1. The van der Waals surface area contributed by atoms with E-state index in [0.717, 1.165) is 18.1 Å². The van der Waals surface area contributed by atoms with E-state index in [2.05, 4.69) is 16.3 Å². The average molecular weight is 240 g/mol. The second-order valence-corrected chi connectivity index (χ2v) is 4.57. The fourth-order valence-electron chi connectivity index (χ4n) is 1.22. The number of nitrogen functional groups attached to an aromatic ring is 1. The van der Waals surface area contributed by atoms with E-state index >= 15 is 0 Å². The van der Waals surface area contributed by atoms with Crippen molar-refractivity contribution in [3.63, 3.8) is 0 Å². The Bertz CT molecular complexity index is 394. The lowest BCUT2D eigenvalue weighted by atomic mass is 10.4. The Morgan fingerprint density at radius 2 is 2.25 bits per heavy atom. The van der Waals surface area contributed by atoms with E-state index in [4.69, 9.17) is 15.7 Å². The predicted molar refractivity (Wildman–Crippen MR) is 67.0 cm³/mol. The highest BCUT2D eigenvalue weighted by molar-refractivity contribution is 7.17. The molecule has 88 valence electrons. The van der Waals surface area contributed by atoms with Crippen LogP contribution in [-0.2, 0) is 0 Å². The zero-order chi connectivity index (χ0) is 12.1. The van der Waals surface area contributed by atoms with Crippen LogP contribution in [0.5, 0.6) is 5.75 Å². The molecule has 1 aromatic rings. The smallest absolute Gasteiger partial charge is 0.177 e. The van der Waals surface area contributed by atoms with Gasteiger partial charge in [-0.3, -0.25) is 0 Å². The van der Waals surface area contributed by atoms with E-state index in [1.807, 2.05) is 14.1 Å². The number of thiophene rings is 1. The maximum Gasteiger partial charge on any atom is 0.177 e. The molecule has 0 unspecified atom stereocenters. The minimum Gasteiger partial charge on any atom is -0.492 e. The fraction of sp³-hybridized carbons (Fsp3) is 0.500. The molecule has 3 N–H and O–H groups in total. The van der Waals surface area contributed by atoms with Crippen LogP contribution in [0, 0.1) is 11.3 Å². The number of nitrogens with zero attached hydrogens (tertiary/aromatic N) is 2. The molecule has 0 aromatic carbocycles. The third-order valence-electron chi connectivity index (χ3n) is 2.05. The van der Waals surface area contributed by atoms with Gasteiger partial charge in [0, 0.05) is 13.1 Å². The van der Waals surface area contributed by atoms with Crippen molar-refractivity contribution in [1.29, 1.82) is 5.26 Å². The van der Waals surface area contributed by atoms with E-state index < -0.39 is 0 Å². The fourth-order valence-corrected chi connectivity index (χ4v) is 2.14. The molecule has 0 fully saturated rings. The van der Waals surface area contributed by atoms with Gasteiger partial charge in [-0.05, 0) is 14.1 Å². The lowest BCUT2D eigenvalue weighted by molar-refractivity contribution is 0.416. The first-order valence-electron chi connectivity index (χ1n) is 4.85. The van der Waals surface area contributed by atoms with E-state index in [-0.39, 0.29) is 0 Å². The number of nitrogens with two attached hydrogens (primary N) is 1. The molecule has 0 amide bonds. The van der Waals surface area contributed by atoms with Crippen molar-refractivity contribution >= 4 is 22.0 Å². The Labute approximate surface area is 99.4 Å². The second kappa shape index (κ2) is 5.58. The molecule has 5 nitrogen and oxygen atoms in total. The highest BCUT2D eigenvalue weighted by Gasteiger charge is 2.15. The van der Waals surface area contributed by atoms with E-state index in [9.17, 15) is 0 Å². The van der Waals surface area contributed by atoms with Crippen LogP contribution in [0.2, 0.25) is 0 Å². The van der Waals surface area contributed by atoms with Crippen molar-refractivity contribution < 1.29 is 4.74 Å². The minimum atomic E-state index is 0.419. The number of nitriles is 1. The SMILES string of the molecule is COc1c(NCCN(C)C)sc(C#N)c1N. The molecular weight excluding hydrogens is 224 g/mol. The maximum atomic E-state index is 8.85. The molecule has 0 saturated heterocycles. The number of anilines is 2. The van der Waals surface area contributed by atoms with E-state index in [0.29, 0.717) is 16.3 Å². The predicted octanol–water partition coefficient (Wildman–Crippen LogP) is 1.18. The molecule has 0 saturated carbocycles. The Morgan fingerprint density at radius 1 is 1.56 bits per heavy atom. The van der Waals surface area contributed by atoms with Crippen LogP contribution in [0.25, 0.3) is 0 Å². The molecule has 0 aliphatic rings. The number of hydrogen-bond acceptors (Lipinski definition) is 6. The molecule has 0 bridgehead atoms. The van der Waals surface area contributed by atoms with Gasteiger partial charge in [0.25, 0.3) is 0 Å². The minimum absolute atomic E-state index is 0.419. The van der Waals surface area contributed by atoms with Crippen LogP contribution in [0.15, 0.2) is 0 Å². The van der Waals surface area contributed by atoms with Crippen LogP contribution in [0.1, 0.15) is 4.88 Å². The summed E-state index contributed by atoms with van der Waals surface area (Å²) in [7, 11) is 5.56. The largest absolute Gasteiger partial charge is 0.492 e. The quantitative estimate of drug-likeness (QED) is 0.808. The summed E-state index contributed by atoms with van der Waals surface area (Å²) < 4.78 is 5.17. The number of hydrogen-bond donors (Lipinski definition) is 2. The topological polar surface area (TPSA) is 74.3 Å². The first-order chi connectivity index (χ1) is 7.60. The van der Waals surface area contributed by atoms with Gasteiger partial charge in [-0.2, -0.15) is 5.26 Å². The van der Waals surface area contributed by atoms with Gasteiger partial charge < -0.3 is 20.7 Å².